The lowest BCUT2D eigenvalue weighted by atomic mass is 9.84. The van der Waals surface area contributed by atoms with Crippen molar-refractivity contribution in [3.05, 3.63) is 137 Å². The van der Waals surface area contributed by atoms with Crippen molar-refractivity contribution in [1.82, 2.24) is 9.62 Å². The summed E-state index contributed by atoms with van der Waals surface area (Å²) < 4.78 is 97.1. The van der Waals surface area contributed by atoms with Gasteiger partial charge in [-0.15, -0.1) is 11.8 Å². The van der Waals surface area contributed by atoms with Gasteiger partial charge in [-0.3, -0.25) is 4.79 Å². The Morgan fingerprint density at radius 3 is 2.19 bits per heavy atom. The maximum atomic E-state index is 14.1. The van der Waals surface area contributed by atoms with Gasteiger partial charge in [-0.25, -0.2) is 21.6 Å². The maximum Gasteiger partial charge on any atom is 0.501 e. The normalized spacial score (nSPS) is 15.0. The molecule has 1 aliphatic heterocycles. The number of aliphatic hydroxyl groups excluding tert-OH is 2. The molecular weight excluding hydrogens is 897 g/mol. The van der Waals surface area contributed by atoms with Gasteiger partial charge in [-0.1, -0.05) is 66.2 Å². The summed E-state index contributed by atoms with van der Waals surface area (Å²) in [5, 5.41) is 24.3. The first kappa shape index (κ1) is 47.8. The van der Waals surface area contributed by atoms with E-state index >= 15 is 0 Å². The number of hydrogen-bond donors (Lipinski definition) is 4. The largest absolute Gasteiger partial charge is 0.501 e. The van der Waals surface area contributed by atoms with Gasteiger partial charge in [0.25, 0.3) is 25.8 Å². The minimum atomic E-state index is -6.09. The number of sulfonamides is 1. The third-order valence-corrected chi connectivity index (χ3v) is 15.2. The van der Waals surface area contributed by atoms with Crippen LogP contribution in [0.3, 0.4) is 0 Å². The first-order chi connectivity index (χ1) is 30.0. The Hall–Kier alpha value is -4.62. The highest BCUT2D eigenvalue weighted by molar-refractivity contribution is 7.99. The van der Waals surface area contributed by atoms with E-state index in [4.69, 9.17) is 11.6 Å². The molecule has 0 unspecified atom stereocenters. The van der Waals surface area contributed by atoms with Crippen molar-refractivity contribution < 1.29 is 45.0 Å². The van der Waals surface area contributed by atoms with Crippen molar-refractivity contribution in [2.24, 2.45) is 5.92 Å². The highest BCUT2D eigenvalue weighted by Gasteiger charge is 2.48. The van der Waals surface area contributed by atoms with Gasteiger partial charge in [0.1, 0.15) is 4.90 Å². The van der Waals surface area contributed by atoms with Gasteiger partial charge in [0.15, 0.2) is 0 Å². The monoisotopic (exact) mass is 944 g/mol. The first-order valence-corrected chi connectivity index (χ1v) is 24.4. The molecule has 1 aliphatic rings. The van der Waals surface area contributed by atoms with Crippen molar-refractivity contribution in [3.8, 4) is 11.1 Å². The van der Waals surface area contributed by atoms with Crippen LogP contribution in [-0.2, 0) is 19.9 Å². The molecule has 11 nitrogen and oxygen atoms in total. The fraction of sp³-hybridized carbons (Fsp3) is 0.311. The van der Waals surface area contributed by atoms with Crippen LogP contribution in [-0.4, -0.2) is 95.0 Å². The number of sulfone groups is 1. The Balaban J connectivity index is 1.14. The van der Waals surface area contributed by atoms with Gasteiger partial charge in [-0.05, 0) is 122 Å². The standard InChI is InChI=1S/C45H48ClF3N4O7S3/c1-52(27-28-54)24-23-35(30-61-37-7-3-2-4-8-37)50-41-20-19-38(29-42(41)62(57,58)45(47,48)49)63(59,60)51-44(56)33-13-17-36(18-14-33)53-25-21-32(22-26-53)43(55)40-10-6-5-9-39(40)31-11-15-34(46)16-12-31/h2-20,29,32,35,43,50,54-55H,21-28,30H2,1H3,(H,51,56)/t35-,43+/m1/s1. The molecule has 336 valence electrons. The lowest BCUT2D eigenvalue weighted by molar-refractivity contribution is -0.0435. The molecule has 63 heavy (non-hydrogen) atoms. The zero-order valence-corrected chi connectivity index (χ0v) is 37.4. The second-order valence-electron chi connectivity index (χ2n) is 15.2. The molecule has 1 amide bonds. The number of nitrogens with one attached hydrogen (secondary N) is 2. The molecule has 0 saturated carbocycles. The zero-order valence-electron chi connectivity index (χ0n) is 34.2. The molecule has 0 aromatic heterocycles. The van der Waals surface area contributed by atoms with Crippen molar-refractivity contribution in [2.75, 3.05) is 55.8 Å². The van der Waals surface area contributed by atoms with E-state index in [0.29, 0.717) is 62.3 Å². The second kappa shape index (κ2) is 20.9. The van der Waals surface area contributed by atoms with E-state index in [2.05, 4.69) is 10.2 Å². The van der Waals surface area contributed by atoms with Crippen LogP contribution < -0.4 is 14.9 Å². The summed E-state index contributed by atoms with van der Waals surface area (Å²) in [6.45, 7) is 1.83. The number of carbonyl (C=O) groups is 1. The number of carbonyl (C=O) groups excluding carboxylic acids is 1. The van der Waals surface area contributed by atoms with E-state index in [1.54, 1.807) is 19.2 Å². The van der Waals surface area contributed by atoms with E-state index in [0.717, 1.165) is 39.4 Å². The third kappa shape index (κ3) is 12.1. The summed E-state index contributed by atoms with van der Waals surface area (Å²) >= 11 is 7.48. The van der Waals surface area contributed by atoms with Gasteiger partial charge in [0.2, 0.25) is 0 Å². The Labute approximate surface area is 375 Å². The van der Waals surface area contributed by atoms with E-state index < -0.39 is 58.9 Å². The van der Waals surface area contributed by atoms with Crippen LogP contribution in [0.5, 0.6) is 0 Å². The van der Waals surface area contributed by atoms with Crippen LogP contribution in [0.15, 0.2) is 136 Å². The van der Waals surface area contributed by atoms with Gasteiger partial charge >= 0.3 is 5.51 Å². The van der Waals surface area contributed by atoms with Crippen LogP contribution in [0.1, 0.15) is 41.3 Å². The molecule has 0 radical (unpaired) electrons. The number of aliphatic hydroxyl groups is 2. The fourth-order valence-electron chi connectivity index (χ4n) is 7.36. The lowest BCUT2D eigenvalue weighted by Crippen LogP contribution is -2.36. The molecule has 0 spiro atoms. The number of amides is 1. The summed E-state index contributed by atoms with van der Waals surface area (Å²) in [6.07, 6.45) is 0.970. The fourth-order valence-corrected chi connectivity index (χ4v) is 10.5. The van der Waals surface area contributed by atoms with Crippen molar-refractivity contribution in [2.45, 2.75) is 51.6 Å². The molecule has 0 bridgehead atoms. The van der Waals surface area contributed by atoms with Crippen molar-refractivity contribution in [3.63, 3.8) is 0 Å². The third-order valence-electron chi connectivity index (χ3n) is 10.9. The Bertz CT molecular complexity index is 2550. The maximum absolute atomic E-state index is 14.1. The molecule has 2 atom stereocenters. The van der Waals surface area contributed by atoms with Gasteiger partial charge in [-0.2, -0.15) is 13.2 Å². The highest BCUT2D eigenvalue weighted by Crippen LogP contribution is 2.39. The summed E-state index contributed by atoms with van der Waals surface area (Å²) in [7, 11) is -9.22. The number of likely N-dealkylation sites (N-methyl/N-ethyl adjacent to an activating group) is 1. The first-order valence-electron chi connectivity index (χ1n) is 20.1. The van der Waals surface area contributed by atoms with Crippen LogP contribution in [0.4, 0.5) is 24.5 Å². The number of hydrogen-bond acceptors (Lipinski definition) is 11. The molecule has 18 heteroatoms. The zero-order chi connectivity index (χ0) is 45.4. The molecule has 6 rings (SSSR count). The van der Waals surface area contributed by atoms with Gasteiger partial charge in [0, 0.05) is 52.6 Å². The quantitative estimate of drug-likeness (QED) is 0.0628. The van der Waals surface area contributed by atoms with Crippen LogP contribution in [0.2, 0.25) is 5.02 Å². The SMILES string of the molecule is CN(CCO)CC[C@H](CSc1ccccc1)Nc1ccc(S(=O)(=O)NC(=O)c2ccc(N3CCC([C@H](O)c4ccccc4-c4ccc(Cl)cc4)CC3)cc2)cc1S(=O)(=O)C(F)(F)F. The molecule has 1 fully saturated rings. The van der Waals surface area contributed by atoms with Crippen molar-refractivity contribution in [1.29, 1.82) is 0 Å². The highest BCUT2D eigenvalue weighted by atomic mass is 35.5. The average molecular weight is 946 g/mol. The predicted octanol–water partition coefficient (Wildman–Crippen LogP) is 8.26. The predicted molar refractivity (Wildman–Crippen MR) is 241 cm³/mol. The number of nitrogens with zero attached hydrogens (tertiary/aromatic N) is 2. The summed E-state index contributed by atoms with van der Waals surface area (Å²) in [6, 6.07) is 32.2. The topological polar surface area (TPSA) is 156 Å². The molecule has 0 aliphatic carbocycles. The molecule has 5 aromatic rings. The number of thioether (sulfide) groups is 1. The van der Waals surface area contributed by atoms with Crippen LogP contribution in [0, 0.1) is 5.92 Å². The smallest absolute Gasteiger partial charge is 0.395 e. The summed E-state index contributed by atoms with van der Waals surface area (Å²) in [5.74, 6) is -0.791. The molecule has 1 heterocycles. The lowest BCUT2D eigenvalue weighted by Gasteiger charge is -2.36. The van der Waals surface area contributed by atoms with E-state index in [-0.39, 0.29) is 18.1 Å². The number of alkyl halides is 3. The second-order valence-corrected chi connectivity index (χ2v) is 20.4. The Morgan fingerprint density at radius 2 is 1.54 bits per heavy atom. The number of rotatable bonds is 18. The number of benzene rings is 5. The average Bonchev–Trinajstić information content (AvgIpc) is 3.27. The minimum absolute atomic E-state index is 0.0223. The van der Waals surface area contributed by atoms with Crippen LogP contribution >= 0.6 is 23.4 Å². The Morgan fingerprint density at radius 1 is 0.889 bits per heavy atom. The summed E-state index contributed by atoms with van der Waals surface area (Å²) in [5.41, 5.74) is -2.84. The number of halogens is 4. The number of anilines is 2. The van der Waals surface area contributed by atoms with Crippen LogP contribution in [0.25, 0.3) is 11.1 Å². The van der Waals surface area contributed by atoms with E-state index in [1.165, 1.54) is 23.9 Å². The minimum Gasteiger partial charge on any atom is -0.395 e. The number of piperidine rings is 1. The molecule has 5 aromatic carbocycles. The van der Waals surface area contributed by atoms with Crippen molar-refractivity contribution >= 4 is 60.5 Å². The summed E-state index contributed by atoms with van der Waals surface area (Å²) in [4.78, 5) is 15.9. The van der Waals surface area contributed by atoms with E-state index in [1.807, 2.05) is 88.5 Å². The van der Waals surface area contributed by atoms with Gasteiger partial charge < -0.3 is 25.3 Å². The van der Waals surface area contributed by atoms with Gasteiger partial charge in [0.05, 0.1) is 23.3 Å². The molecular formula is C45H48ClF3N4O7S3. The molecule has 4 N–H and O–H groups in total. The van der Waals surface area contributed by atoms with E-state index in [9.17, 15) is 45.0 Å². The Kier molecular flexibility index (Phi) is 15.9. The molecule has 1 saturated heterocycles.